The van der Waals surface area contributed by atoms with Crippen LogP contribution < -0.4 is 0 Å². The average Bonchev–Trinajstić information content (AvgIpc) is 2.81. The van der Waals surface area contributed by atoms with Crippen LogP contribution in [0.15, 0.2) is 91.0 Å². The number of rotatable bonds is 9. The molecule has 34 heavy (non-hydrogen) atoms. The van der Waals surface area contributed by atoms with Gasteiger partial charge in [-0.1, -0.05) is 91.0 Å². The van der Waals surface area contributed by atoms with Gasteiger partial charge in [-0.25, -0.2) is 4.79 Å². The minimum Gasteiger partial charge on any atom is -0.465 e. The van der Waals surface area contributed by atoms with Crippen molar-refractivity contribution in [3.63, 3.8) is 0 Å². The first kappa shape index (κ1) is 25.0. The van der Waals surface area contributed by atoms with Gasteiger partial charge in [-0.05, 0) is 43.9 Å². The Labute approximate surface area is 202 Å². The summed E-state index contributed by atoms with van der Waals surface area (Å²) < 4.78 is 0. The molecule has 176 valence electrons. The first-order chi connectivity index (χ1) is 16.3. The molecule has 0 aromatic heterocycles. The van der Waals surface area contributed by atoms with Gasteiger partial charge in [0, 0.05) is 24.7 Å². The molecule has 0 fully saturated rings. The summed E-state index contributed by atoms with van der Waals surface area (Å²) in [7, 11) is 0. The van der Waals surface area contributed by atoms with Crippen LogP contribution in [0, 0.1) is 11.3 Å². The van der Waals surface area contributed by atoms with Crippen molar-refractivity contribution in [1.82, 2.24) is 9.80 Å². The predicted molar refractivity (Wildman–Crippen MR) is 135 cm³/mol. The third kappa shape index (κ3) is 6.69. The summed E-state index contributed by atoms with van der Waals surface area (Å²) in [6.45, 7) is 6.71. The summed E-state index contributed by atoms with van der Waals surface area (Å²) in [5.74, 6) is 0. The van der Waals surface area contributed by atoms with Crippen LogP contribution in [-0.2, 0) is 19.5 Å². The fourth-order valence-corrected chi connectivity index (χ4v) is 4.36. The van der Waals surface area contributed by atoms with Crippen LogP contribution in [0.4, 0.5) is 4.79 Å². The highest BCUT2D eigenvalue weighted by molar-refractivity contribution is 5.67. The summed E-state index contributed by atoms with van der Waals surface area (Å²) in [4.78, 5) is 16.0. The summed E-state index contributed by atoms with van der Waals surface area (Å²) >= 11 is 0. The van der Waals surface area contributed by atoms with Gasteiger partial charge in [0.2, 0.25) is 0 Å². The molecule has 3 rings (SSSR count). The van der Waals surface area contributed by atoms with Crippen molar-refractivity contribution in [2.24, 2.45) is 0 Å². The number of benzene rings is 3. The van der Waals surface area contributed by atoms with Crippen molar-refractivity contribution in [1.29, 1.82) is 5.26 Å². The number of carbonyl (C=O) groups is 1. The lowest BCUT2D eigenvalue weighted by molar-refractivity contribution is 0.0405. The molecule has 3 aromatic carbocycles. The average molecular weight is 456 g/mol. The molecule has 3 aromatic rings. The second kappa shape index (κ2) is 11.5. The molecule has 0 radical (unpaired) electrons. The third-order valence-electron chi connectivity index (χ3n) is 5.92. The first-order valence-electron chi connectivity index (χ1n) is 11.6. The van der Waals surface area contributed by atoms with Crippen LogP contribution in [0.1, 0.15) is 37.5 Å². The molecule has 5 heteroatoms. The van der Waals surface area contributed by atoms with Crippen molar-refractivity contribution >= 4 is 6.09 Å². The SMILES string of the molecule is CC(C)(C)N(C(=O)O)C(C#N)C(Cc1ccccc1)N(Cc1ccccc1)Cc1ccccc1. The second-order valence-electron chi connectivity index (χ2n) is 9.53. The van der Waals surface area contributed by atoms with Gasteiger partial charge in [0.1, 0.15) is 6.04 Å². The van der Waals surface area contributed by atoms with E-state index in [1.54, 1.807) is 0 Å². The van der Waals surface area contributed by atoms with Crippen LogP contribution in [-0.4, -0.2) is 38.6 Å². The molecule has 0 saturated carbocycles. The molecule has 1 N–H and O–H groups in total. The topological polar surface area (TPSA) is 67.6 Å². The lowest BCUT2D eigenvalue weighted by Gasteiger charge is -2.43. The zero-order valence-electron chi connectivity index (χ0n) is 20.1. The fourth-order valence-electron chi connectivity index (χ4n) is 4.36. The Morgan fingerprint density at radius 2 is 1.24 bits per heavy atom. The van der Waals surface area contributed by atoms with E-state index < -0.39 is 17.7 Å². The number of hydrogen-bond donors (Lipinski definition) is 1. The molecule has 0 heterocycles. The summed E-state index contributed by atoms with van der Waals surface area (Å²) in [5.41, 5.74) is 2.57. The van der Waals surface area contributed by atoms with Crippen LogP contribution >= 0.6 is 0 Å². The monoisotopic (exact) mass is 455 g/mol. The fraction of sp³-hybridized carbons (Fsp3) is 0.310. The Bertz CT molecular complexity index is 1030. The number of nitrogens with zero attached hydrogens (tertiary/aromatic N) is 3. The van der Waals surface area contributed by atoms with Crippen molar-refractivity contribution in [3.05, 3.63) is 108 Å². The van der Waals surface area contributed by atoms with Crippen LogP contribution in [0.5, 0.6) is 0 Å². The van der Waals surface area contributed by atoms with E-state index in [9.17, 15) is 15.2 Å². The lowest BCUT2D eigenvalue weighted by Crippen LogP contribution is -2.59. The highest BCUT2D eigenvalue weighted by Gasteiger charge is 2.40. The molecule has 0 aliphatic heterocycles. The molecular weight excluding hydrogens is 422 g/mol. The summed E-state index contributed by atoms with van der Waals surface area (Å²) in [5, 5.41) is 20.5. The van der Waals surface area contributed by atoms with Gasteiger partial charge in [0.15, 0.2) is 0 Å². The Hall–Kier alpha value is -3.62. The molecular formula is C29H33N3O2. The minimum absolute atomic E-state index is 0.358. The normalized spacial score (nSPS) is 13.1. The standard InChI is InChI=1S/C29H33N3O2/c1-29(2,3)32(28(33)34)27(20-30)26(19-23-13-7-4-8-14-23)31(21-24-15-9-5-10-16-24)22-25-17-11-6-12-18-25/h4-18,26-27H,19,21-22H2,1-3H3,(H,33,34). The van der Waals surface area contributed by atoms with E-state index in [-0.39, 0.29) is 6.04 Å². The van der Waals surface area contributed by atoms with Crippen molar-refractivity contribution in [2.45, 2.75) is 57.9 Å². The Morgan fingerprint density at radius 3 is 1.59 bits per heavy atom. The van der Waals surface area contributed by atoms with Crippen molar-refractivity contribution < 1.29 is 9.90 Å². The maximum Gasteiger partial charge on any atom is 0.408 e. The van der Waals surface area contributed by atoms with Crippen LogP contribution in [0.25, 0.3) is 0 Å². The zero-order chi connectivity index (χ0) is 24.6. The van der Waals surface area contributed by atoms with Gasteiger partial charge in [-0.2, -0.15) is 5.26 Å². The largest absolute Gasteiger partial charge is 0.465 e. The van der Waals surface area contributed by atoms with E-state index >= 15 is 0 Å². The van der Waals surface area contributed by atoms with Gasteiger partial charge in [-0.15, -0.1) is 0 Å². The zero-order valence-corrected chi connectivity index (χ0v) is 20.1. The quantitative estimate of drug-likeness (QED) is 0.432. The molecule has 5 nitrogen and oxygen atoms in total. The van der Waals surface area contributed by atoms with E-state index in [4.69, 9.17) is 0 Å². The number of amides is 1. The molecule has 2 unspecified atom stereocenters. The van der Waals surface area contributed by atoms with Gasteiger partial charge >= 0.3 is 6.09 Å². The van der Waals surface area contributed by atoms with E-state index in [1.165, 1.54) is 4.90 Å². The van der Waals surface area contributed by atoms with Crippen molar-refractivity contribution in [2.75, 3.05) is 0 Å². The van der Waals surface area contributed by atoms with Crippen LogP contribution in [0.3, 0.4) is 0 Å². The van der Waals surface area contributed by atoms with E-state index in [2.05, 4.69) is 35.2 Å². The van der Waals surface area contributed by atoms with Crippen LogP contribution in [0.2, 0.25) is 0 Å². The Morgan fingerprint density at radius 1 is 0.824 bits per heavy atom. The molecule has 2 atom stereocenters. The molecule has 0 spiro atoms. The minimum atomic E-state index is -1.09. The smallest absolute Gasteiger partial charge is 0.408 e. The molecule has 1 amide bonds. The number of nitriles is 1. The highest BCUT2D eigenvalue weighted by atomic mass is 16.4. The van der Waals surface area contributed by atoms with Gasteiger partial charge in [0.25, 0.3) is 0 Å². The van der Waals surface area contributed by atoms with E-state index in [0.29, 0.717) is 19.5 Å². The molecule has 0 aliphatic rings. The predicted octanol–water partition coefficient (Wildman–Crippen LogP) is 5.97. The number of carboxylic acid groups (broad SMARTS) is 1. The maximum atomic E-state index is 12.4. The van der Waals surface area contributed by atoms with Gasteiger partial charge in [-0.3, -0.25) is 9.80 Å². The number of hydrogen-bond acceptors (Lipinski definition) is 3. The highest BCUT2D eigenvalue weighted by Crippen LogP contribution is 2.26. The first-order valence-corrected chi connectivity index (χ1v) is 11.6. The Kier molecular flexibility index (Phi) is 8.45. The van der Waals surface area contributed by atoms with E-state index in [1.807, 2.05) is 87.5 Å². The lowest BCUT2D eigenvalue weighted by atomic mass is 9.93. The second-order valence-corrected chi connectivity index (χ2v) is 9.53. The van der Waals surface area contributed by atoms with Gasteiger partial charge < -0.3 is 5.11 Å². The molecule has 0 saturated heterocycles. The van der Waals surface area contributed by atoms with Gasteiger partial charge in [0.05, 0.1) is 6.07 Å². The summed E-state index contributed by atoms with van der Waals surface area (Å²) in [6, 6.07) is 31.4. The molecule has 0 bridgehead atoms. The van der Waals surface area contributed by atoms with Crippen molar-refractivity contribution in [3.8, 4) is 6.07 Å². The molecule has 0 aliphatic carbocycles. The maximum absolute atomic E-state index is 12.4. The van der Waals surface area contributed by atoms with E-state index in [0.717, 1.165) is 16.7 Å². The Balaban J connectivity index is 2.09. The third-order valence-corrected chi connectivity index (χ3v) is 5.92. The summed E-state index contributed by atoms with van der Waals surface area (Å²) in [6.07, 6.45) is -0.532.